The molecule has 1 atom stereocenters. The standard InChI is InChI=1S/C15H22N2O2S/c1-3-10-16-15(19)13(9-11-20-2)17-14(18)12-7-5-4-6-8-12/h4-8,13H,3,9-11H2,1-2H3,(H,16,19)(H,17,18). The third-order valence-electron chi connectivity index (χ3n) is 2.82. The summed E-state index contributed by atoms with van der Waals surface area (Å²) in [6.45, 7) is 2.63. The van der Waals surface area contributed by atoms with Gasteiger partial charge in [0.2, 0.25) is 5.91 Å². The van der Waals surface area contributed by atoms with Gasteiger partial charge in [-0.15, -0.1) is 0 Å². The van der Waals surface area contributed by atoms with E-state index in [1.54, 1.807) is 23.9 Å². The normalized spacial score (nSPS) is 11.7. The van der Waals surface area contributed by atoms with Gasteiger partial charge in [0, 0.05) is 12.1 Å². The Labute approximate surface area is 124 Å². The molecule has 0 bridgehead atoms. The van der Waals surface area contributed by atoms with Crippen molar-refractivity contribution in [3.63, 3.8) is 0 Å². The predicted molar refractivity (Wildman–Crippen MR) is 84.0 cm³/mol. The Hall–Kier alpha value is -1.49. The number of rotatable bonds is 8. The van der Waals surface area contributed by atoms with Gasteiger partial charge in [0.15, 0.2) is 0 Å². The molecule has 4 nitrogen and oxygen atoms in total. The van der Waals surface area contributed by atoms with E-state index in [-0.39, 0.29) is 11.8 Å². The van der Waals surface area contributed by atoms with Crippen molar-refractivity contribution in [2.75, 3.05) is 18.6 Å². The zero-order chi connectivity index (χ0) is 14.8. The second-order valence-corrected chi connectivity index (χ2v) is 5.45. The molecule has 0 aliphatic carbocycles. The Morgan fingerprint density at radius 1 is 1.25 bits per heavy atom. The molecule has 20 heavy (non-hydrogen) atoms. The minimum Gasteiger partial charge on any atom is -0.354 e. The molecule has 0 fully saturated rings. The van der Waals surface area contributed by atoms with Gasteiger partial charge in [-0.05, 0) is 37.0 Å². The van der Waals surface area contributed by atoms with Crippen LogP contribution in [0.1, 0.15) is 30.1 Å². The summed E-state index contributed by atoms with van der Waals surface area (Å²) in [5.74, 6) is 0.521. The van der Waals surface area contributed by atoms with Gasteiger partial charge in [-0.1, -0.05) is 25.1 Å². The average molecular weight is 294 g/mol. The molecular weight excluding hydrogens is 272 g/mol. The second-order valence-electron chi connectivity index (χ2n) is 4.46. The van der Waals surface area contributed by atoms with E-state index in [1.807, 2.05) is 31.4 Å². The molecule has 2 amide bonds. The van der Waals surface area contributed by atoms with Gasteiger partial charge < -0.3 is 10.6 Å². The lowest BCUT2D eigenvalue weighted by Crippen LogP contribution is -2.47. The van der Waals surface area contributed by atoms with E-state index < -0.39 is 6.04 Å². The topological polar surface area (TPSA) is 58.2 Å². The molecule has 0 aliphatic heterocycles. The molecule has 1 aromatic carbocycles. The lowest BCUT2D eigenvalue weighted by Gasteiger charge is -2.18. The van der Waals surface area contributed by atoms with E-state index in [0.717, 1.165) is 12.2 Å². The fraction of sp³-hybridized carbons (Fsp3) is 0.467. The number of benzene rings is 1. The summed E-state index contributed by atoms with van der Waals surface area (Å²) in [6.07, 6.45) is 3.50. The lowest BCUT2D eigenvalue weighted by atomic mass is 10.1. The van der Waals surface area contributed by atoms with Gasteiger partial charge in [0.05, 0.1) is 0 Å². The Kier molecular flexibility index (Phi) is 7.80. The van der Waals surface area contributed by atoms with Crippen LogP contribution in [0.4, 0.5) is 0 Å². The van der Waals surface area contributed by atoms with Crippen molar-refractivity contribution in [3.8, 4) is 0 Å². The minimum atomic E-state index is -0.471. The molecule has 1 aromatic rings. The number of thioether (sulfide) groups is 1. The monoisotopic (exact) mass is 294 g/mol. The molecule has 5 heteroatoms. The second kappa shape index (κ2) is 9.42. The van der Waals surface area contributed by atoms with Crippen molar-refractivity contribution in [2.45, 2.75) is 25.8 Å². The quantitative estimate of drug-likeness (QED) is 0.771. The zero-order valence-electron chi connectivity index (χ0n) is 12.0. The molecule has 1 rings (SSSR count). The van der Waals surface area contributed by atoms with E-state index in [9.17, 15) is 9.59 Å². The molecule has 1 unspecified atom stereocenters. The van der Waals surface area contributed by atoms with Gasteiger partial charge in [-0.3, -0.25) is 9.59 Å². The molecule has 0 aromatic heterocycles. The van der Waals surface area contributed by atoms with Gasteiger partial charge in [0.25, 0.3) is 5.91 Å². The summed E-state index contributed by atoms with van der Waals surface area (Å²) >= 11 is 1.66. The molecule has 0 spiro atoms. The Morgan fingerprint density at radius 3 is 2.55 bits per heavy atom. The smallest absolute Gasteiger partial charge is 0.251 e. The molecular formula is C15H22N2O2S. The summed E-state index contributed by atoms with van der Waals surface area (Å²) in [4.78, 5) is 24.1. The number of carbonyl (C=O) groups is 2. The highest BCUT2D eigenvalue weighted by atomic mass is 32.2. The first kappa shape index (κ1) is 16.6. The van der Waals surface area contributed by atoms with Crippen LogP contribution in [0.5, 0.6) is 0 Å². The maximum absolute atomic E-state index is 12.1. The number of amides is 2. The van der Waals surface area contributed by atoms with E-state index in [4.69, 9.17) is 0 Å². The zero-order valence-corrected chi connectivity index (χ0v) is 12.8. The minimum absolute atomic E-state index is 0.106. The highest BCUT2D eigenvalue weighted by Gasteiger charge is 2.20. The van der Waals surface area contributed by atoms with Crippen molar-refractivity contribution in [3.05, 3.63) is 35.9 Å². The fourth-order valence-electron chi connectivity index (χ4n) is 1.71. The van der Waals surface area contributed by atoms with Crippen molar-refractivity contribution in [1.82, 2.24) is 10.6 Å². The third kappa shape index (κ3) is 5.65. The first-order valence-corrected chi connectivity index (χ1v) is 8.21. The number of carbonyl (C=O) groups excluding carboxylic acids is 2. The van der Waals surface area contributed by atoms with Gasteiger partial charge in [0.1, 0.15) is 6.04 Å². The molecule has 0 aliphatic rings. The van der Waals surface area contributed by atoms with Crippen molar-refractivity contribution in [2.24, 2.45) is 0 Å². The lowest BCUT2D eigenvalue weighted by molar-refractivity contribution is -0.123. The van der Waals surface area contributed by atoms with Gasteiger partial charge >= 0.3 is 0 Å². The maximum Gasteiger partial charge on any atom is 0.251 e. The van der Waals surface area contributed by atoms with Crippen molar-refractivity contribution in [1.29, 1.82) is 0 Å². The Morgan fingerprint density at radius 2 is 1.95 bits per heavy atom. The predicted octanol–water partition coefficient (Wildman–Crippen LogP) is 2.06. The first-order chi connectivity index (χ1) is 9.69. The summed E-state index contributed by atoms with van der Waals surface area (Å²) < 4.78 is 0. The highest BCUT2D eigenvalue weighted by molar-refractivity contribution is 7.98. The van der Waals surface area contributed by atoms with Crippen LogP contribution in [-0.2, 0) is 4.79 Å². The summed E-state index contributed by atoms with van der Waals surface area (Å²) in [7, 11) is 0. The van der Waals surface area contributed by atoms with Crippen LogP contribution in [0.3, 0.4) is 0 Å². The van der Waals surface area contributed by atoms with Crippen molar-refractivity contribution < 1.29 is 9.59 Å². The Bertz CT molecular complexity index is 423. The van der Waals surface area contributed by atoms with E-state index in [2.05, 4.69) is 10.6 Å². The molecule has 2 N–H and O–H groups in total. The molecule has 0 saturated carbocycles. The maximum atomic E-state index is 12.1. The highest BCUT2D eigenvalue weighted by Crippen LogP contribution is 2.04. The molecule has 0 radical (unpaired) electrons. The van der Waals surface area contributed by atoms with E-state index >= 15 is 0 Å². The fourth-order valence-corrected chi connectivity index (χ4v) is 2.18. The van der Waals surface area contributed by atoms with Crippen LogP contribution in [0.2, 0.25) is 0 Å². The number of hydrogen-bond donors (Lipinski definition) is 2. The number of nitrogens with one attached hydrogen (secondary N) is 2. The largest absolute Gasteiger partial charge is 0.354 e. The molecule has 0 saturated heterocycles. The number of hydrogen-bond acceptors (Lipinski definition) is 3. The van der Waals surface area contributed by atoms with Gasteiger partial charge in [-0.2, -0.15) is 11.8 Å². The van der Waals surface area contributed by atoms with Crippen LogP contribution >= 0.6 is 11.8 Å². The molecule has 110 valence electrons. The SMILES string of the molecule is CCCNC(=O)C(CCSC)NC(=O)c1ccccc1. The van der Waals surface area contributed by atoms with Crippen molar-refractivity contribution >= 4 is 23.6 Å². The summed E-state index contributed by atoms with van der Waals surface area (Å²) in [5.41, 5.74) is 0.574. The summed E-state index contributed by atoms with van der Waals surface area (Å²) in [5, 5.41) is 5.65. The molecule has 0 heterocycles. The Balaban J connectivity index is 2.63. The first-order valence-electron chi connectivity index (χ1n) is 6.81. The van der Waals surface area contributed by atoms with E-state index in [0.29, 0.717) is 18.5 Å². The van der Waals surface area contributed by atoms with Gasteiger partial charge in [-0.25, -0.2) is 0 Å². The van der Waals surface area contributed by atoms with E-state index in [1.165, 1.54) is 0 Å². The van der Waals surface area contributed by atoms with Crippen LogP contribution in [0.25, 0.3) is 0 Å². The van der Waals surface area contributed by atoms with Crippen LogP contribution in [0.15, 0.2) is 30.3 Å². The average Bonchev–Trinajstić information content (AvgIpc) is 2.49. The van der Waals surface area contributed by atoms with Crippen LogP contribution < -0.4 is 10.6 Å². The van der Waals surface area contributed by atoms with Crippen LogP contribution in [0, 0.1) is 0 Å². The van der Waals surface area contributed by atoms with Crippen LogP contribution in [-0.4, -0.2) is 36.4 Å². The summed E-state index contributed by atoms with van der Waals surface area (Å²) in [6, 6.07) is 8.49. The third-order valence-corrected chi connectivity index (χ3v) is 3.46.